The molecular formula is C15H18Cl2N3O4+. The molecule has 0 bridgehead atoms. The predicted molar refractivity (Wildman–Crippen MR) is 89.2 cm³/mol. The molecule has 1 fully saturated rings. The molecule has 3 N–H and O–H groups in total. The normalized spacial score (nSPS) is 20.2. The number of rotatable bonds is 5. The van der Waals surface area contributed by atoms with Crippen LogP contribution in [0.25, 0.3) is 0 Å². The summed E-state index contributed by atoms with van der Waals surface area (Å²) < 4.78 is 4.61. The molecule has 0 aromatic heterocycles. The van der Waals surface area contributed by atoms with Gasteiger partial charge < -0.3 is 20.3 Å². The SMILES string of the molecule is COC(=O)C[C@H]1C(=O)NCC[NH+]1CC(=O)Nc1c(Cl)cccc1Cl. The number of quaternary nitrogens is 1. The number of carbonyl (C=O) groups excluding carboxylic acids is 3. The number of ether oxygens (including phenoxy) is 1. The third-order valence-electron chi connectivity index (χ3n) is 3.77. The molecule has 0 saturated carbocycles. The Kier molecular flexibility index (Phi) is 6.42. The highest BCUT2D eigenvalue weighted by atomic mass is 35.5. The summed E-state index contributed by atoms with van der Waals surface area (Å²) in [5, 5.41) is 6.00. The third-order valence-corrected chi connectivity index (χ3v) is 4.40. The Labute approximate surface area is 149 Å². The molecule has 1 saturated heterocycles. The van der Waals surface area contributed by atoms with E-state index in [1.165, 1.54) is 7.11 Å². The first-order valence-electron chi connectivity index (χ1n) is 7.35. The molecule has 0 aliphatic carbocycles. The molecule has 1 unspecified atom stereocenters. The van der Waals surface area contributed by atoms with Crippen molar-refractivity contribution in [2.24, 2.45) is 0 Å². The number of piperazine rings is 1. The van der Waals surface area contributed by atoms with Gasteiger partial charge in [-0.1, -0.05) is 29.3 Å². The van der Waals surface area contributed by atoms with Gasteiger partial charge >= 0.3 is 5.97 Å². The lowest BCUT2D eigenvalue weighted by molar-refractivity contribution is -0.909. The van der Waals surface area contributed by atoms with Crippen molar-refractivity contribution in [1.29, 1.82) is 0 Å². The second-order valence-corrected chi connectivity index (χ2v) is 6.17. The van der Waals surface area contributed by atoms with E-state index in [0.29, 0.717) is 33.7 Å². The summed E-state index contributed by atoms with van der Waals surface area (Å²) in [5.74, 6) is -1.11. The Morgan fingerprint density at radius 1 is 1.38 bits per heavy atom. The van der Waals surface area contributed by atoms with E-state index in [2.05, 4.69) is 15.4 Å². The van der Waals surface area contributed by atoms with Gasteiger partial charge in [-0.05, 0) is 12.1 Å². The van der Waals surface area contributed by atoms with E-state index in [9.17, 15) is 14.4 Å². The van der Waals surface area contributed by atoms with E-state index >= 15 is 0 Å². The molecule has 1 aliphatic rings. The summed E-state index contributed by atoms with van der Waals surface area (Å²) in [7, 11) is 1.26. The van der Waals surface area contributed by atoms with Gasteiger partial charge in [0.05, 0.1) is 35.9 Å². The van der Waals surface area contributed by atoms with Gasteiger partial charge in [-0.15, -0.1) is 0 Å². The smallest absolute Gasteiger partial charge is 0.312 e. The topological polar surface area (TPSA) is 88.9 Å². The van der Waals surface area contributed by atoms with E-state index < -0.39 is 12.0 Å². The first kappa shape index (κ1) is 18.5. The highest BCUT2D eigenvalue weighted by Gasteiger charge is 2.36. The summed E-state index contributed by atoms with van der Waals surface area (Å²) in [5.41, 5.74) is 0.330. The maximum Gasteiger partial charge on any atom is 0.312 e. The summed E-state index contributed by atoms with van der Waals surface area (Å²) in [4.78, 5) is 36.5. The Morgan fingerprint density at radius 3 is 2.67 bits per heavy atom. The molecule has 1 aromatic rings. The fourth-order valence-corrected chi connectivity index (χ4v) is 3.03. The van der Waals surface area contributed by atoms with Gasteiger partial charge in [-0.3, -0.25) is 14.4 Å². The van der Waals surface area contributed by atoms with Crippen LogP contribution < -0.4 is 15.5 Å². The zero-order chi connectivity index (χ0) is 17.7. The van der Waals surface area contributed by atoms with E-state index in [0.717, 1.165) is 0 Å². The Bertz CT molecular complexity index is 633. The van der Waals surface area contributed by atoms with Gasteiger partial charge in [0.1, 0.15) is 6.42 Å². The number of halogens is 2. The number of methoxy groups -OCH3 is 1. The van der Waals surface area contributed by atoms with E-state index in [-0.39, 0.29) is 24.8 Å². The number of nitrogens with one attached hydrogen (secondary N) is 3. The van der Waals surface area contributed by atoms with Gasteiger partial charge in [0, 0.05) is 0 Å². The second-order valence-electron chi connectivity index (χ2n) is 5.35. The highest BCUT2D eigenvalue weighted by molar-refractivity contribution is 6.39. The Morgan fingerprint density at radius 2 is 2.04 bits per heavy atom. The number of benzene rings is 1. The van der Waals surface area contributed by atoms with Crippen molar-refractivity contribution in [3.63, 3.8) is 0 Å². The van der Waals surface area contributed by atoms with Crippen molar-refractivity contribution < 1.29 is 24.0 Å². The van der Waals surface area contributed by atoms with Gasteiger partial charge in [-0.2, -0.15) is 0 Å². The molecule has 0 spiro atoms. The van der Waals surface area contributed by atoms with Gasteiger partial charge in [0.25, 0.3) is 11.8 Å². The van der Waals surface area contributed by atoms with Crippen LogP contribution in [0.15, 0.2) is 18.2 Å². The molecule has 1 heterocycles. The first-order valence-corrected chi connectivity index (χ1v) is 8.11. The molecule has 7 nitrogen and oxygen atoms in total. The van der Waals surface area contributed by atoms with Crippen molar-refractivity contribution in [2.45, 2.75) is 12.5 Å². The monoisotopic (exact) mass is 374 g/mol. The molecule has 0 radical (unpaired) electrons. The average molecular weight is 375 g/mol. The highest BCUT2D eigenvalue weighted by Crippen LogP contribution is 2.29. The van der Waals surface area contributed by atoms with Crippen LogP contribution in [0.1, 0.15) is 6.42 Å². The summed E-state index contributed by atoms with van der Waals surface area (Å²) in [6, 6.07) is 4.24. The second kappa shape index (κ2) is 8.32. The zero-order valence-electron chi connectivity index (χ0n) is 13.0. The molecule has 2 rings (SSSR count). The van der Waals surface area contributed by atoms with Crippen molar-refractivity contribution >= 4 is 46.7 Å². The number of amides is 2. The Balaban J connectivity index is 2.05. The first-order chi connectivity index (χ1) is 11.4. The molecule has 2 atom stereocenters. The maximum absolute atomic E-state index is 12.3. The zero-order valence-corrected chi connectivity index (χ0v) is 14.5. The fourth-order valence-electron chi connectivity index (χ4n) is 2.53. The third kappa shape index (κ3) is 4.59. The lowest BCUT2D eigenvalue weighted by Gasteiger charge is -2.30. The molecule has 24 heavy (non-hydrogen) atoms. The summed E-state index contributed by atoms with van der Waals surface area (Å²) >= 11 is 12.0. The number of para-hydroxylation sites is 1. The van der Waals surface area contributed by atoms with Crippen LogP contribution in [0, 0.1) is 0 Å². The molecule has 1 aromatic carbocycles. The van der Waals surface area contributed by atoms with Crippen molar-refractivity contribution in [1.82, 2.24) is 5.32 Å². The molecule has 9 heteroatoms. The minimum atomic E-state index is -0.668. The summed E-state index contributed by atoms with van der Waals surface area (Å²) in [6.07, 6.45) is -0.0855. The largest absolute Gasteiger partial charge is 0.469 e. The van der Waals surface area contributed by atoms with Crippen molar-refractivity contribution in [2.75, 3.05) is 32.1 Å². The predicted octanol–water partition coefficient (Wildman–Crippen LogP) is -0.122. The van der Waals surface area contributed by atoms with Crippen LogP contribution >= 0.6 is 23.2 Å². The fraction of sp³-hybridized carbons (Fsp3) is 0.400. The van der Waals surface area contributed by atoms with Gasteiger partial charge in [-0.25, -0.2) is 0 Å². The van der Waals surface area contributed by atoms with Crippen LogP contribution in [-0.2, 0) is 19.1 Å². The molecular weight excluding hydrogens is 357 g/mol. The van der Waals surface area contributed by atoms with E-state index in [4.69, 9.17) is 23.2 Å². The standard InChI is InChI=1S/C15H17Cl2N3O4/c1-24-13(22)7-11-15(23)18-5-6-20(11)8-12(21)19-14-9(16)3-2-4-10(14)17/h2-4,11H,5-8H2,1H3,(H,18,23)(H,19,21)/p+1/t11-/m0/s1. The number of hydrogen-bond acceptors (Lipinski definition) is 4. The van der Waals surface area contributed by atoms with Crippen LogP contribution in [0.2, 0.25) is 10.0 Å². The number of anilines is 1. The molecule has 130 valence electrons. The van der Waals surface area contributed by atoms with Crippen LogP contribution in [0.4, 0.5) is 5.69 Å². The van der Waals surface area contributed by atoms with Crippen LogP contribution in [0.3, 0.4) is 0 Å². The number of esters is 1. The van der Waals surface area contributed by atoms with Gasteiger partial charge in [0.2, 0.25) is 0 Å². The maximum atomic E-state index is 12.3. The quantitative estimate of drug-likeness (QED) is 0.626. The van der Waals surface area contributed by atoms with Crippen LogP contribution in [-0.4, -0.2) is 50.6 Å². The van der Waals surface area contributed by atoms with Crippen molar-refractivity contribution in [3.05, 3.63) is 28.2 Å². The minimum absolute atomic E-state index is 0.0105. The van der Waals surface area contributed by atoms with E-state index in [1.807, 2.05) is 0 Å². The lowest BCUT2D eigenvalue weighted by Crippen LogP contribution is -3.20. The van der Waals surface area contributed by atoms with Crippen molar-refractivity contribution in [3.8, 4) is 0 Å². The number of hydrogen-bond donors (Lipinski definition) is 3. The molecule has 2 amide bonds. The summed E-state index contributed by atoms with van der Waals surface area (Å²) in [6.45, 7) is 0.972. The lowest BCUT2D eigenvalue weighted by atomic mass is 10.1. The van der Waals surface area contributed by atoms with E-state index in [1.54, 1.807) is 18.2 Å². The average Bonchev–Trinajstić information content (AvgIpc) is 2.54. The molecule has 1 aliphatic heterocycles. The number of carbonyl (C=O) groups is 3. The Hall–Kier alpha value is -1.83. The van der Waals surface area contributed by atoms with Gasteiger partial charge in [0.15, 0.2) is 12.6 Å². The minimum Gasteiger partial charge on any atom is -0.469 e. The van der Waals surface area contributed by atoms with Crippen LogP contribution in [0.5, 0.6) is 0 Å².